The minimum absolute atomic E-state index is 0.192. The first-order valence-electron chi connectivity index (χ1n) is 9.76. The topological polar surface area (TPSA) is 29.5 Å². The van der Waals surface area contributed by atoms with E-state index in [1.807, 2.05) is 24.0 Å². The number of carbonyl (C=O) groups is 1. The third-order valence-corrected chi connectivity index (χ3v) is 5.34. The molecule has 0 N–H and O–H groups in total. The molecule has 0 unspecified atom stereocenters. The Morgan fingerprint density at radius 3 is 2.30 bits per heavy atom. The van der Waals surface area contributed by atoms with E-state index >= 15 is 0 Å². The molecule has 0 aromatic heterocycles. The molecule has 1 amide bonds. The lowest BCUT2D eigenvalue weighted by molar-refractivity contribution is -0.132. The normalized spacial score (nSPS) is 15.1. The van der Waals surface area contributed by atoms with E-state index < -0.39 is 0 Å². The van der Waals surface area contributed by atoms with Gasteiger partial charge in [0.15, 0.2) is 0 Å². The van der Waals surface area contributed by atoms with Gasteiger partial charge in [-0.3, -0.25) is 4.79 Å². The van der Waals surface area contributed by atoms with Crippen molar-refractivity contribution in [3.8, 4) is 16.9 Å². The number of rotatable bonds is 4. The fourth-order valence-corrected chi connectivity index (χ4v) is 3.73. The lowest BCUT2D eigenvalue weighted by Crippen LogP contribution is -2.41. The van der Waals surface area contributed by atoms with Gasteiger partial charge in [0.05, 0.1) is 0 Å². The number of hydrogen-bond acceptors (Lipinski definition) is 2. The Bertz CT molecular complexity index is 925. The van der Waals surface area contributed by atoms with E-state index in [0.717, 1.165) is 31.7 Å². The number of carbonyl (C=O) groups excluding carboxylic acids is 1. The first kappa shape index (κ1) is 17.6. The molecule has 3 aromatic carbocycles. The van der Waals surface area contributed by atoms with Crippen LogP contribution in [0.3, 0.4) is 0 Å². The van der Waals surface area contributed by atoms with E-state index in [2.05, 4.69) is 54.6 Å². The summed E-state index contributed by atoms with van der Waals surface area (Å²) in [5.74, 6) is 1.15. The van der Waals surface area contributed by atoms with E-state index in [-0.39, 0.29) is 12.0 Å². The van der Waals surface area contributed by atoms with E-state index in [0.29, 0.717) is 6.42 Å². The van der Waals surface area contributed by atoms with Gasteiger partial charge in [-0.05, 0) is 40.1 Å². The molecule has 0 radical (unpaired) electrons. The quantitative estimate of drug-likeness (QED) is 0.634. The molecule has 138 valence electrons. The van der Waals surface area contributed by atoms with Crippen molar-refractivity contribution in [2.24, 2.45) is 0 Å². The van der Waals surface area contributed by atoms with Crippen LogP contribution in [0.1, 0.15) is 26.2 Å². The summed E-state index contributed by atoms with van der Waals surface area (Å²) >= 11 is 0. The molecular formula is C24H25NO2. The van der Waals surface area contributed by atoms with E-state index in [4.69, 9.17) is 4.74 Å². The van der Waals surface area contributed by atoms with Crippen molar-refractivity contribution in [1.29, 1.82) is 0 Å². The summed E-state index contributed by atoms with van der Waals surface area (Å²) in [6.07, 6.45) is 2.58. The highest BCUT2D eigenvalue weighted by atomic mass is 16.5. The van der Waals surface area contributed by atoms with Crippen molar-refractivity contribution in [2.75, 3.05) is 13.1 Å². The van der Waals surface area contributed by atoms with Gasteiger partial charge in [-0.25, -0.2) is 0 Å². The number of benzene rings is 3. The van der Waals surface area contributed by atoms with Gasteiger partial charge in [-0.2, -0.15) is 0 Å². The van der Waals surface area contributed by atoms with E-state index in [9.17, 15) is 4.79 Å². The summed E-state index contributed by atoms with van der Waals surface area (Å²) in [6.45, 7) is 3.51. The molecule has 4 rings (SSSR count). The van der Waals surface area contributed by atoms with Crippen molar-refractivity contribution in [2.45, 2.75) is 32.3 Å². The Morgan fingerprint density at radius 2 is 1.59 bits per heavy atom. The van der Waals surface area contributed by atoms with Crippen LogP contribution in [0.2, 0.25) is 0 Å². The second-order valence-corrected chi connectivity index (χ2v) is 7.14. The first-order valence-corrected chi connectivity index (χ1v) is 9.76. The Morgan fingerprint density at radius 1 is 0.926 bits per heavy atom. The monoisotopic (exact) mass is 359 g/mol. The molecule has 1 aliphatic rings. The molecule has 1 aliphatic heterocycles. The minimum Gasteiger partial charge on any atom is -0.490 e. The molecule has 0 atom stereocenters. The second-order valence-electron chi connectivity index (χ2n) is 7.14. The predicted molar refractivity (Wildman–Crippen MR) is 110 cm³/mol. The smallest absolute Gasteiger partial charge is 0.222 e. The third-order valence-electron chi connectivity index (χ3n) is 5.34. The van der Waals surface area contributed by atoms with Gasteiger partial charge in [0, 0.05) is 32.4 Å². The van der Waals surface area contributed by atoms with Crippen LogP contribution in [-0.2, 0) is 4.79 Å². The Hall–Kier alpha value is -2.81. The largest absolute Gasteiger partial charge is 0.490 e. The van der Waals surface area contributed by atoms with Crippen molar-refractivity contribution in [1.82, 2.24) is 4.90 Å². The van der Waals surface area contributed by atoms with Gasteiger partial charge in [0.1, 0.15) is 11.9 Å². The van der Waals surface area contributed by atoms with Crippen LogP contribution in [0.15, 0.2) is 66.7 Å². The second kappa shape index (κ2) is 7.83. The lowest BCUT2D eigenvalue weighted by atomic mass is 10.0. The van der Waals surface area contributed by atoms with Crippen molar-refractivity contribution in [3.05, 3.63) is 66.7 Å². The maximum atomic E-state index is 11.8. The van der Waals surface area contributed by atoms with Gasteiger partial charge in [-0.15, -0.1) is 0 Å². The zero-order chi connectivity index (χ0) is 18.6. The standard InChI is InChI=1S/C24H25NO2/c1-2-24(26)25-15-13-23(14-16-25)27-22-11-9-19(10-12-22)21-8-7-18-5-3-4-6-20(18)17-21/h3-12,17,23H,2,13-16H2,1H3. The maximum Gasteiger partial charge on any atom is 0.222 e. The van der Waals surface area contributed by atoms with Crippen LogP contribution in [0.5, 0.6) is 5.75 Å². The Labute approximate surface area is 160 Å². The Kier molecular flexibility index (Phi) is 5.10. The van der Waals surface area contributed by atoms with Gasteiger partial charge in [0.2, 0.25) is 5.91 Å². The highest BCUT2D eigenvalue weighted by Gasteiger charge is 2.22. The SMILES string of the molecule is CCC(=O)N1CCC(Oc2ccc(-c3ccc4ccccc4c3)cc2)CC1. The number of piperidine rings is 1. The van der Waals surface area contributed by atoms with Crippen LogP contribution in [-0.4, -0.2) is 30.0 Å². The molecule has 1 saturated heterocycles. The molecule has 1 heterocycles. The number of fused-ring (bicyclic) bond motifs is 1. The Balaban J connectivity index is 1.41. The molecule has 0 aliphatic carbocycles. The lowest BCUT2D eigenvalue weighted by Gasteiger charge is -2.32. The van der Waals surface area contributed by atoms with Gasteiger partial charge in [-0.1, -0.05) is 55.5 Å². The molecule has 1 fully saturated rings. The molecular weight excluding hydrogens is 334 g/mol. The van der Waals surface area contributed by atoms with Crippen molar-refractivity contribution in [3.63, 3.8) is 0 Å². The third kappa shape index (κ3) is 3.97. The summed E-state index contributed by atoms with van der Waals surface area (Å²) < 4.78 is 6.14. The molecule has 0 saturated carbocycles. The number of ether oxygens (including phenoxy) is 1. The van der Waals surface area contributed by atoms with E-state index in [1.54, 1.807) is 0 Å². The average Bonchev–Trinajstić information content (AvgIpc) is 2.74. The fourth-order valence-electron chi connectivity index (χ4n) is 3.73. The number of hydrogen-bond donors (Lipinski definition) is 0. The van der Waals surface area contributed by atoms with Crippen molar-refractivity contribution >= 4 is 16.7 Å². The highest BCUT2D eigenvalue weighted by Crippen LogP contribution is 2.27. The predicted octanol–water partition coefficient (Wildman–Crippen LogP) is 5.29. The molecule has 3 nitrogen and oxygen atoms in total. The summed E-state index contributed by atoms with van der Waals surface area (Å²) in [6, 6.07) is 23.3. The molecule has 3 heteroatoms. The van der Waals surface area contributed by atoms with E-state index in [1.165, 1.54) is 21.9 Å². The van der Waals surface area contributed by atoms with Gasteiger partial charge in [0.25, 0.3) is 0 Å². The number of amides is 1. The number of nitrogens with zero attached hydrogens (tertiary/aromatic N) is 1. The molecule has 27 heavy (non-hydrogen) atoms. The molecule has 3 aromatic rings. The maximum absolute atomic E-state index is 11.8. The molecule has 0 bridgehead atoms. The summed E-state index contributed by atoms with van der Waals surface area (Å²) in [4.78, 5) is 13.7. The first-order chi connectivity index (χ1) is 13.2. The van der Waals surface area contributed by atoms with Gasteiger partial charge < -0.3 is 9.64 Å². The van der Waals surface area contributed by atoms with Crippen molar-refractivity contribution < 1.29 is 9.53 Å². The minimum atomic E-state index is 0.192. The van der Waals surface area contributed by atoms with Crippen LogP contribution < -0.4 is 4.74 Å². The summed E-state index contributed by atoms with van der Waals surface area (Å²) in [7, 11) is 0. The van der Waals surface area contributed by atoms with Crippen LogP contribution >= 0.6 is 0 Å². The molecule has 0 spiro atoms. The number of likely N-dealkylation sites (tertiary alicyclic amines) is 1. The fraction of sp³-hybridized carbons (Fsp3) is 0.292. The highest BCUT2D eigenvalue weighted by molar-refractivity contribution is 5.87. The average molecular weight is 359 g/mol. The summed E-state index contributed by atoms with van der Waals surface area (Å²) in [5, 5.41) is 2.51. The summed E-state index contributed by atoms with van der Waals surface area (Å²) in [5.41, 5.74) is 2.41. The van der Waals surface area contributed by atoms with Crippen LogP contribution in [0, 0.1) is 0 Å². The van der Waals surface area contributed by atoms with Crippen LogP contribution in [0.4, 0.5) is 0 Å². The van der Waals surface area contributed by atoms with Gasteiger partial charge >= 0.3 is 0 Å². The zero-order valence-electron chi connectivity index (χ0n) is 15.7. The van der Waals surface area contributed by atoms with Crippen LogP contribution in [0.25, 0.3) is 21.9 Å². The zero-order valence-corrected chi connectivity index (χ0v) is 15.7.